The second-order valence-corrected chi connectivity index (χ2v) is 7.71. The first kappa shape index (κ1) is 16.4. The summed E-state index contributed by atoms with van der Waals surface area (Å²) in [6.07, 6.45) is 0.154. The van der Waals surface area contributed by atoms with Crippen LogP contribution in [0.2, 0.25) is 0 Å². The molecule has 0 unspecified atom stereocenters. The number of carbonyl (C=O) groups excluding carboxylic acids is 2. The van der Waals surface area contributed by atoms with Gasteiger partial charge >= 0.3 is 0 Å². The number of hydrogen-bond acceptors (Lipinski definition) is 4. The van der Waals surface area contributed by atoms with Crippen molar-refractivity contribution in [2.24, 2.45) is 0 Å². The maximum absolute atomic E-state index is 13.0. The summed E-state index contributed by atoms with van der Waals surface area (Å²) in [5, 5.41) is 0. The number of ketones is 2. The zero-order chi connectivity index (χ0) is 17.5. The summed E-state index contributed by atoms with van der Waals surface area (Å²) in [7, 11) is -3.78. The molecule has 0 aromatic heterocycles. The van der Waals surface area contributed by atoms with Gasteiger partial charge in [0.1, 0.15) is 0 Å². The van der Waals surface area contributed by atoms with Gasteiger partial charge in [-0.15, -0.1) is 0 Å². The second kappa shape index (κ2) is 5.87. The highest BCUT2D eigenvalue weighted by molar-refractivity contribution is 7.92. The summed E-state index contributed by atoms with van der Waals surface area (Å²) in [5.41, 5.74) is 2.21. The smallest absolute Gasteiger partial charge is 0.264 e. The SMILES string of the molecule is CC(=O)c1ccc(S(=O)(=O)N2CCC(=O)c3cc(C)ccc32)cc1. The lowest BCUT2D eigenvalue weighted by Gasteiger charge is -2.30. The average Bonchev–Trinajstić information content (AvgIpc) is 2.55. The van der Waals surface area contributed by atoms with Gasteiger partial charge in [-0.2, -0.15) is 0 Å². The van der Waals surface area contributed by atoms with Gasteiger partial charge in [-0.3, -0.25) is 13.9 Å². The number of anilines is 1. The quantitative estimate of drug-likeness (QED) is 0.803. The Morgan fingerprint density at radius 3 is 2.38 bits per heavy atom. The van der Waals surface area contributed by atoms with Crippen molar-refractivity contribution in [3.8, 4) is 0 Å². The van der Waals surface area contributed by atoms with Crippen LogP contribution in [-0.4, -0.2) is 26.5 Å². The Bertz CT molecular complexity index is 930. The number of Topliss-reactive ketones (excluding diaryl/α,β-unsaturated/α-hetero) is 2. The number of nitrogens with zero attached hydrogens (tertiary/aromatic N) is 1. The maximum Gasteiger partial charge on any atom is 0.264 e. The molecule has 0 saturated heterocycles. The van der Waals surface area contributed by atoms with Crippen LogP contribution in [0.5, 0.6) is 0 Å². The molecule has 3 rings (SSSR count). The number of carbonyl (C=O) groups is 2. The van der Waals surface area contributed by atoms with E-state index in [-0.39, 0.29) is 29.4 Å². The predicted molar refractivity (Wildman–Crippen MR) is 91.1 cm³/mol. The molecule has 0 amide bonds. The maximum atomic E-state index is 13.0. The molecule has 0 spiro atoms. The molecule has 0 N–H and O–H groups in total. The fourth-order valence-electron chi connectivity index (χ4n) is 2.79. The minimum absolute atomic E-state index is 0.0490. The molecule has 0 fully saturated rings. The molecule has 24 heavy (non-hydrogen) atoms. The van der Waals surface area contributed by atoms with Crippen molar-refractivity contribution in [1.29, 1.82) is 0 Å². The lowest BCUT2D eigenvalue weighted by atomic mass is 10.0. The Labute approximate surface area is 141 Å². The second-order valence-electron chi connectivity index (χ2n) is 5.85. The number of benzene rings is 2. The number of fused-ring (bicyclic) bond motifs is 1. The molecule has 5 nitrogen and oxygen atoms in total. The molecule has 0 radical (unpaired) electrons. The molecule has 2 aromatic carbocycles. The Kier molecular flexibility index (Phi) is 4.01. The predicted octanol–water partition coefficient (Wildman–Crippen LogP) is 2.98. The van der Waals surface area contributed by atoms with Crippen molar-refractivity contribution >= 4 is 27.3 Å². The van der Waals surface area contributed by atoms with Gasteiger partial charge in [0.05, 0.1) is 10.6 Å². The topological polar surface area (TPSA) is 71.5 Å². The summed E-state index contributed by atoms with van der Waals surface area (Å²) in [6.45, 7) is 3.41. The van der Waals surface area contributed by atoms with E-state index in [2.05, 4.69) is 0 Å². The van der Waals surface area contributed by atoms with Crippen molar-refractivity contribution in [1.82, 2.24) is 0 Å². The number of aryl methyl sites for hydroxylation is 1. The van der Waals surface area contributed by atoms with Gasteiger partial charge in [0.2, 0.25) is 0 Å². The third kappa shape index (κ3) is 2.73. The van der Waals surface area contributed by atoms with Crippen LogP contribution < -0.4 is 4.31 Å². The Morgan fingerprint density at radius 1 is 1.08 bits per heavy atom. The van der Waals surface area contributed by atoms with Crippen LogP contribution in [0, 0.1) is 6.92 Å². The van der Waals surface area contributed by atoms with Crippen molar-refractivity contribution in [2.75, 3.05) is 10.8 Å². The van der Waals surface area contributed by atoms with Gasteiger partial charge in [-0.25, -0.2) is 8.42 Å². The van der Waals surface area contributed by atoms with E-state index >= 15 is 0 Å². The van der Waals surface area contributed by atoms with Crippen LogP contribution in [0.3, 0.4) is 0 Å². The highest BCUT2D eigenvalue weighted by atomic mass is 32.2. The third-order valence-corrected chi connectivity index (χ3v) is 5.94. The van der Waals surface area contributed by atoms with Crippen LogP contribution in [-0.2, 0) is 10.0 Å². The van der Waals surface area contributed by atoms with E-state index in [1.807, 2.05) is 6.92 Å². The fourth-order valence-corrected chi connectivity index (χ4v) is 4.27. The molecule has 1 heterocycles. The first-order valence-electron chi connectivity index (χ1n) is 7.58. The van der Waals surface area contributed by atoms with Gasteiger partial charge in [0, 0.05) is 24.1 Å². The Balaban J connectivity index is 2.06. The first-order chi connectivity index (χ1) is 11.3. The first-order valence-corrected chi connectivity index (χ1v) is 9.02. The normalized spacial score (nSPS) is 14.4. The monoisotopic (exact) mass is 343 g/mol. The largest absolute Gasteiger partial charge is 0.295 e. The third-order valence-electron chi connectivity index (χ3n) is 4.11. The highest BCUT2D eigenvalue weighted by Crippen LogP contribution is 2.32. The van der Waals surface area contributed by atoms with Crippen LogP contribution in [0.25, 0.3) is 0 Å². The molecule has 1 aliphatic rings. The minimum atomic E-state index is -3.78. The molecule has 124 valence electrons. The minimum Gasteiger partial charge on any atom is -0.295 e. The van der Waals surface area contributed by atoms with E-state index in [1.54, 1.807) is 18.2 Å². The van der Waals surface area contributed by atoms with Crippen molar-refractivity contribution in [2.45, 2.75) is 25.2 Å². The molecule has 0 aliphatic carbocycles. The van der Waals surface area contributed by atoms with Crippen LogP contribution in [0.1, 0.15) is 39.6 Å². The summed E-state index contributed by atoms with van der Waals surface area (Å²) in [5.74, 6) is -0.171. The molecule has 0 saturated carbocycles. The van der Waals surface area contributed by atoms with Crippen LogP contribution in [0.4, 0.5) is 5.69 Å². The van der Waals surface area contributed by atoms with E-state index in [0.29, 0.717) is 16.8 Å². The van der Waals surface area contributed by atoms with Crippen molar-refractivity contribution in [3.63, 3.8) is 0 Å². The lowest BCUT2D eigenvalue weighted by Crippen LogP contribution is -2.37. The zero-order valence-corrected chi connectivity index (χ0v) is 14.3. The van der Waals surface area contributed by atoms with Crippen molar-refractivity contribution < 1.29 is 18.0 Å². The molecular formula is C18H17NO4S. The van der Waals surface area contributed by atoms with Crippen LogP contribution >= 0.6 is 0 Å². The van der Waals surface area contributed by atoms with E-state index in [1.165, 1.54) is 35.5 Å². The summed E-state index contributed by atoms with van der Waals surface area (Å²) in [4.78, 5) is 23.6. The number of hydrogen-bond donors (Lipinski definition) is 0. The Hall–Kier alpha value is -2.47. The van der Waals surface area contributed by atoms with E-state index in [0.717, 1.165) is 5.56 Å². The highest BCUT2D eigenvalue weighted by Gasteiger charge is 2.32. The fraction of sp³-hybridized carbons (Fsp3) is 0.222. The van der Waals surface area contributed by atoms with E-state index < -0.39 is 10.0 Å². The average molecular weight is 343 g/mol. The Morgan fingerprint density at radius 2 is 1.75 bits per heavy atom. The van der Waals surface area contributed by atoms with Gasteiger partial charge < -0.3 is 0 Å². The molecule has 6 heteroatoms. The lowest BCUT2D eigenvalue weighted by molar-refractivity contribution is 0.0980. The van der Waals surface area contributed by atoms with Crippen LogP contribution in [0.15, 0.2) is 47.4 Å². The summed E-state index contributed by atoms with van der Waals surface area (Å²) in [6, 6.07) is 11.0. The molecule has 0 bridgehead atoms. The van der Waals surface area contributed by atoms with Gasteiger partial charge in [-0.05, 0) is 38.1 Å². The molecule has 1 aliphatic heterocycles. The van der Waals surface area contributed by atoms with E-state index in [9.17, 15) is 18.0 Å². The number of rotatable bonds is 3. The number of sulfonamides is 1. The van der Waals surface area contributed by atoms with Gasteiger partial charge in [0.25, 0.3) is 10.0 Å². The van der Waals surface area contributed by atoms with Gasteiger partial charge in [-0.1, -0.05) is 23.8 Å². The van der Waals surface area contributed by atoms with E-state index in [4.69, 9.17) is 0 Å². The molecular weight excluding hydrogens is 326 g/mol. The van der Waals surface area contributed by atoms with Gasteiger partial charge in [0.15, 0.2) is 11.6 Å². The standard InChI is InChI=1S/C18H17NO4S/c1-12-3-8-17-16(11-12)18(21)9-10-19(17)24(22,23)15-6-4-14(5-7-15)13(2)20/h3-8,11H,9-10H2,1-2H3. The molecule has 0 atom stereocenters. The summed E-state index contributed by atoms with van der Waals surface area (Å²) >= 11 is 0. The van der Waals surface area contributed by atoms with Crippen molar-refractivity contribution in [3.05, 3.63) is 59.2 Å². The molecule has 2 aromatic rings. The zero-order valence-electron chi connectivity index (χ0n) is 13.4. The summed E-state index contributed by atoms with van der Waals surface area (Å²) < 4.78 is 27.2.